The van der Waals surface area contributed by atoms with Crippen LogP contribution in [0.2, 0.25) is 39.3 Å². The molecule has 0 fully saturated rings. The first-order valence-electron chi connectivity index (χ1n) is 8.47. The Labute approximate surface area is 154 Å². The van der Waals surface area contributed by atoms with E-state index in [1.807, 2.05) is 24.3 Å². The van der Waals surface area contributed by atoms with E-state index in [-0.39, 0.29) is 0 Å². The van der Waals surface area contributed by atoms with E-state index in [9.17, 15) is 0 Å². The average molecular weight is 363 g/mol. The van der Waals surface area contributed by atoms with Crippen molar-refractivity contribution in [2.24, 2.45) is 0 Å². The minimum absolute atomic E-state index is 0.714. The maximum atomic E-state index is 6.25. The van der Waals surface area contributed by atoms with Crippen LogP contribution in [0.3, 0.4) is 0 Å². The van der Waals surface area contributed by atoms with Crippen molar-refractivity contribution >= 4 is 26.5 Å². The van der Waals surface area contributed by atoms with E-state index in [1.54, 1.807) is 0 Å². The van der Waals surface area contributed by atoms with Crippen LogP contribution >= 0.6 is 0 Å². The van der Waals surface area contributed by atoms with Crippen molar-refractivity contribution in [3.8, 4) is 36.2 Å². The van der Waals surface area contributed by atoms with E-state index in [0.29, 0.717) is 11.5 Å². The van der Waals surface area contributed by atoms with Crippen molar-refractivity contribution in [1.29, 1.82) is 0 Å². The lowest BCUT2D eigenvalue weighted by Gasteiger charge is -2.23. The summed E-state index contributed by atoms with van der Waals surface area (Å²) in [6.45, 7) is 13.7. The topological polar surface area (TPSA) is 9.23 Å². The molecule has 128 valence electrons. The van der Waals surface area contributed by atoms with Gasteiger partial charge in [0.25, 0.3) is 0 Å². The summed E-state index contributed by atoms with van der Waals surface area (Å²) in [7, 11) is -3.13. The molecule has 0 heterocycles. The first-order chi connectivity index (χ1) is 11.6. The summed E-state index contributed by atoms with van der Waals surface area (Å²) in [5.41, 5.74) is 1.70. The summed E-state index contributed by atoms with van der Waals surface area (Å²) in [5.74, 6) is 7.11. The van der Waals surface area contributed by atoms with E-state index in [1.165, 1.54) is 10.4 Å². The van der Waals surface area contributed by atoms with Crippen molar-refractivity contribution in [2.45, 2.75) is 39.3 Å². The Morgan fingerprint density at radius 2 is 1.04 bits per heavy atom. The molecule has 3 heteroatoms. The Balaban J connectivity index is 2.60. The van der Waals surface area contributed by atoms with Gasteiger partial charge in [0.2, 0.25) is 0 Å². The lowest BCUT2D eigenvalue weighted by atomic mass is 10.2. The fraction of sp³-hybridized carbons (Fsp3) is 0.273. The Morgan fingerprint density at radius 1 is 0.680 bits per heavy atom. The van der Waals surface area contributed by atoms with Crippen LogP contribution in [0.25, 0.3) is 0 Å². The van der Waals surface area contributed by atoms with Gasteiger partial charge >= 0.3 is 0 Å². The number of benzene rings is 2. The van der Waals surface area contributed by atoms with Gasteiger partial charge in [-0.05, 0) is 22.5 Å². The SMILES string of the molecule is C#Cc1c(Oc2cccc([Si](C)(C)C)c2C#C)cccc1[Si](C)(C)C. The third kappa shape index (κ3) is 4.07. The highest BCUT2D eigenvalue weighted by atomic mass is 28.3. The van der Waals surface area contributed by atoms with E-state index >= 15 is 0 Å². The number of rotatable bonds is 4. The third-order valence-corrected chi connectivity index (χ3v) is 8.24. The molecule has 0 saturated carbocycles. The minimum atomic E-state index is -1.57. The van der Waals surface area contributed by atoms with E-state index in [0.717, 1.165) is 11.1 Å². The molecule has 0 aliphatic heterocycles. The Kier molecular flexibility index (Phi) is 5.32. The van der Waals surface area contributed by atoms with Crippen LogP contribution in [0.5, 0.6) is 11.5 Å². The third-order valence-electron chi connectivity index (χ3n) is 4.18. The minimum Gasteiger partial charge on any atom is -0.455 e. The Morgan fingerprint density at radius 3 is 1.32 bits per heavy atom. The van der Waals surface area contributed by atoms with Gasteiger partial charge in [-0.25, -0.2) is 0 Å². The predicted molar refractivity (Wildman–Crippen MR) is 115 cm³/mol. The molecule has 0 atom stereocenters. The Bertz CT molecular complexity index is 795. The molecule has 2 aromatic carbocycles. The fourth-order valence-corrected chi connectivity index (χ4v) is 5.98. The smallest absolute Gasteiger partial charge is 0.142 e. The van der Waals surface area contributed by atoms with Crippen LogP contribution in [0.1, 0.15) is 11.1 Å². The molecule has 0 aliphatic carbocycles. The lowest BCUT2D eigenvalue weighted by Crippen LogP contribution is -2.40. The summed E-state index contributed by atoms with van der Waals surface area (Å²) < 4.78 is 6.25. The lowest BCUT2D eigenvalue weighted by molar-refractivity contribution is 0.481. The molecular weight excluding hydrogens is 336 g/mol. The summed E-state index contributed by atoms with van der Waals surface area (Å²) in [4.78, 5) is 0. The molecule has 0 amide bonds. The maximum Gasteiger partial charge on any atom is 0.142 e. The quantitative estimate of drug-likeness (QED) is 0.573. The molecule has 0 radical (unpaired) electrons. The zero-order chi connectivity index (χ0) is 18.8. The first kappa shape index (κ1) is 19.1. The molecule has 0 saturated heterocycles. The van der Waals surface area contributed by atoms with Crippen LogP contribution in [-0.2, 0) is 0 Å². The van der Waals surface area contributed by atoms with Crippen molar-refractivity contribution < 1.29 is 4.74 Å². The highest BCUT2D eigenvalue weighted by molar-refractivity contribution is 6.89. The molecule has 0 N–H and O–H groups in total. The highest BCUT2D eigenvalue weighted by Gasteiger charge is 2.24. The predicted octanol–water partition coefficient (Wildman–Crippen LogP) is 4.53. The van der Waals surface area contributed by atoms with E-state index in [4.69, 9.17) is 17.6 Å². The van der Waals surface area contributed by atoms with Crippen molar-refractivity contribution in [2.75, 3.05) is 0 Å². The molecule has 2 aromatic rings. The van der Waals surface area contributed by atoms with E-state index < -0.39 is 16.1 Å². The maximum absolute atomic E-state index is 6.25. The van der Waals surface area contributed by atoms with Gasteiger partial charge in [0.1, 0.15) is 11.5 Å². The average Bonchev–Trinajstić information content (AvgIpc) is 2.52. The van der Waals surface area contributed by atoms with E-state index in [2.05, 4.69) is 63.3 Å². The van der Waals surface area contributed by atoms with Gasteiger partial charge in [0.15, 0.2) is 0 Å². The molecule has 25 heavy (non-hydrogen) atoms. The molecular formula is C22H26OSi2. The number of ether oxygens (including phenoxy) is 1. The standard InChI is InChI=1S/C22H26OSi2/c1-9-17-19(13-11-15-21(17)24(3,4)5)23-20-14-12-16-22(18(20)10-2)25(6,7)8/h1-2,11-16H,3-8H3. The molecule has 0 unspecified atom stereocenters. The highest BCUT2D eigenvalue weighted by Crippen LogP contribution is 2.28. The van der Waals surface area contributed by atoms with Gasteiger partial charge in [0, 0.05) is 0 Å². The van der Waals surface area contributed by atoms with Crippen LogP contribution in [-0.4, -0.2) is 16.1 Å². The van der Waals surface area contributed by atoms with Gasteiger partial charge in [-0.3, -0.25) is 0 Å². The molecule has 0 bridgehead atoms. The largest absolute Gasteiger partial charge is 0.455 e. The van der Waals surface area contributed by atoms with Crippen LogP contribution in [0, 0.1) is 24.7 Å². The molecule has 0 aliphatic rings. The van der Waals surface area contributed by atoms with Gasteiger partial charge in [-0.1, -0.05) is 75.4 Å². The zero-order valence-electron chi connectivity index (χ0n) is 16.0. The number of terminal acetylenes is 2. The summed E-state index contributed by atoms with van der Waals surface area (Å²) >= 11 is 0. The molecule has 0 spiro atoms. The normalized spacial score (nSPS) is 11.5. The van der Waals surface area contributed by atoms with Gasteiger partial charge in [-0.15, -0.1) is 12.8 Å². The monoisotopic (exact) mass is 362 g/mol. The van der Waals surface area contributed by atoms with Crippen molar-refractivity contribution in [3.05, 3.63) is 47.5 Å². The summed E-state index contributed by atoms with van der Waals surface area (Å²) in [6.07, 6.45) is 11.7. The first-order valence-corrected chi connectivity index (χ1v) is 15.5. The van der Waals surface area contributed by atoms with Crippen LogP contribution in [0.4, 0.5) is 0 Å². The van der Waals surface area contributed by atoms with Crippen LogP contribution < -0.4 is 15.1 Å². The van der Waals surface area contributed by atoms with Gasteiger partial charge in [-0.2, -0.15) is 0 Å². The summed E-state index contributed by atoms with van der Waals surface area (Å²) in [5, 5.41) is 2.47. The van der Waals surface area contributed by atoms with Gasteiger partial charge in [0.05, 0.1) is 27.3 Å². The van der Waals surface area contributed by atoms with Gasteiger partial charge < -0.3 is 4.74 Å². The Hall–Kier alpha value is -2.21. The second-order valence-electron chi connectivity index (χ2n) is 8.25. The number of hydrogen-bond acceptors (Lipinski definition) is 1. The molecule has 2 rings (SSSR count). The molecule has 0 aromatic heterocycles. The second-order valence-corrected chi connectivity index (χ2v) is 18.3. The van der Waals surface area contributed by atoms with Crippen LogP contribution in [0.15, 0.2) is 36.4 Å². The second kappa shape index (κ2) is 6.96. The fourth-order valence-electron chi connectivity index (χ4n) is 2.90. The van der Waals surface area contributed by atoms with Crippen molar-refractivity contribution in [1.82, 2.24) is 0 Å². The molecule has 1 nitrogen and oxygen atoms in total. The summed E-state index contributed by atoms with van der Waals surface area (Å²) in [6, 6.07) is 12.1. The number of hydrogen-bond donors (Lipinski definition) is 0. The van der Waals surface area contributed by atoms with Crippen molar-refractivity contribution in [3.63, 3.8) is 0 Å². The zero-order valence-corrected chi connectivity index (χ0v) is 18.0.